The number of benzene rings is 1. The Balaban J connectivity index is 2.45. The molecule has 0 heterocycles. The Kier molecular flexibility index (Phi) is 21.1. The zero-order valence-corrected chi connectivity index (χ0v) is 24.4. The lowest BCUT2D eigenvalue weighted by Crippen LogP contribution is -2.45. The third kappa shape index (κ3) is 15.2. The maximum atomic E-state index is 10.6. The van der Waals surface area contributed by atoms with Gasteiger partial charge in [0, 0.05) is 21.3 Å². The summed E-state index contributed by atoms with van der Waals surface area (Å²) in [5.74, 6) is 0. The fraction of sp³-hybridized carbons (Fsp3) is 0.806. The highest BCUT2D eigenvalue weighted by Gasteiger charge is 2.31. The number of aliphatic hydroxyl groups excluding tert-OH is 1. The first kappa shape index (κ1) is 34.0. The standard InChI is InChI=1S/C31H56O6/c1-6-8-9-10-11-12-13-14-15-16-20-23-28(34-4)30(27(7-2)33-3)36-25-29(35-5)31(32)37-24-26-21-18-17-19-22-26/h17-19,21-22,27-32H,6-16,20,23-25H2,1-5H3. The highest BCUT2D eigenvalue weighted by atomic mass is 16.6. The first-order valence-corrected chi connectivity index (χ1v) is 14.6. The lowest BCUT2D eigenvalue weighted by molar-refractivity contribution is -0.208. The van der Waals surface area contributed by atoms with E-state index in [1.165, 1.54) is 64.2 Å². The zero-order valence-electron chi connectivity index (χ0n) is 24.4. The van der Waals surface area contributed by atoms with Gasteiger partial charge in [0.25, 0.3) is 0 Å². The molecule has 0 aliphatic heterocycles. The molecule has 0 aliphatic rings. The van der Waals surface area contributed by atoms with Crippen LogP contribution in [-0.4, -0.2) is 63.7 Å². The average molecular weight is 525 g/mol. The first-order valence-electron chi connectivity index (χ1n) is 14.6. The zero-order chi connectivity index (χ0) is 27.1. The summed E-state index contributed by atoms with van der Waals surface area (Å²) < 4.78 is 29.1. The molecule has 0 aromatic heterocycles. The monoisotopic (exact) mass is 524 g/mol. The number of hydrogen-bond donors (Lipinski definition) is 1. The van der Waals surface area contributed by atoms with Crippen molar-refractivity contribution < 1.29 is 28.8 Å². The Labute approximate surface area is 227 Å². The van der Waals surface area contributed by atoms with E-state index >= 15 is 0 Å². The van der Waals surface area contributed by atoms with E-state index in [4.69, 9.17) is 23.7 Å². The van der Waals surface area contributed by atoms with Gasteiger partial charge in [-0.1, -0.05) is 115 Å². The minimum absolute atomic E-state index is 0.0802. The summed E-state index contributed by atoms with van der Waals surface area (Å²) in [5.41, 5.74) is 0.993. The van der Waals surface area contributed by atoms with E-state index in [1.54, 1.807) is 21.3 Å². The highest BCUT2D eigenvalue weighted by molar-refractivity contribution is 5.13. The van der Waals surface area contributed by atoms with Gasteiger partial charge in [0.2, 0.25) is 0 Å². The summed E-state index contributed by atoms with van der Waals surface area (Å²) >= 11 is 0. The predicted octanol–water partition coefficient (Wildman–Crippen LogP) is 7.06. The molecule has 37 heavy (non-hydrogen) atoms. The molecule has 1 rings (SSSR count). The number of rotatable bonds is 25. The van der Waals surface area contributed by atoms with Crippen molar-refractivity contribution in [2.75, 3.05) is 27.9 Å². The molecular formula is C31H56O6. The van der Waals surface area contributed by atoms with E-state index in [1.807, 2.05) is 30.3 Å². The van der Waals surface area contributed by atoms with Gasteiger partial charge in [-0.15, -0.1) is 0 Å². The van der Waals surface area contributed by atoms with E-state index < -0.39 is 12.4 Å². The van der Waals surface area contributed by atoms with Crippen LogP contribution in [0.4, 0.5) is 0 Å². The van der Waals surface area contributed by atoms with Crippen molar-refractivity contribution in [1.29, 1.82) is 0 Å². The largest absolute Gasteiger partial charge is 0.379 e. The van der Waals surface area contributed by atoms with Gasteiger partial charge in [0.1, 0.15) is 12.2 Å². The minimum atomic E-state index is -1.10. The van der Waals surface area contributed by atoms with Crippen LogP contribution < -0.4 is 0 Å². The Bertz CT molecular complexity index is 609. The number of unbranched alkanes of at least 4 members (excludes halogenated alkanes) is 10. The lowest BCUT2D eigenvalue weighted by atomic mass is 9.98. The van der Waals surface area contributed by atoms with E-state index in [0.29, 0.717) is 6.61 Å². The van der Waals surface area contributed by atoms with Gasteiger partial charge in [-0.2, -0.15) is 0 Å². The normalized spacial score (nSPS) is 15.8. The van der Waals surface area contributed by atoms with Crippen LogP contribution in [-0.2, 0) is 30.3 Å². The van der Waals surface area contributed by atoms with Gasteiger partial charge in [-0.3, -0.25) is 0 Å². The molecule has 0 saturated carbocycles. The maximum Gasteiger partial charge on any atom is 0.183 e. The smallest absolute Gasteiger partial charge is 0.183 e. The van der Waals surface area contributed by atoms with Gasteiger partial charge < -0.3 is 28.8 Å². The fourth-order valence-corrected chi connectivity index (χ4v) is 4.75. The molecule has 216 valence electrons. The second-order valence-corrected chi connectivity index (χ2v) is 10.0. The van der Waals surface area contributed by atoms with Crippen LogP contribution in [0.1, 0.15) is 103 Å². The highest BCUT2D eigenvalue weighted by Crippen LogP contribution is 2.21. The molecular weight excluding hydrogens is 468 g/mol. The fourth-order valence-electron chi connectivity index (χ4n) is 4.75. The first-order chi connectivity index (χ1) is 18.1. The van der Waals surface area contributed by atoms with Crippen molar-refractivity contribution in [1.82, 2.24) is 0 Å². The summed E-state index contributed by atoms with van der Waals surface area (Å²) in [6, 6.07) is 9.77. The van der Waals surface area contributed by atoms with Gasteiger partial charge >= 0.3 is 0 Å². The van der Waals surface area contributed by atoms with Crippen molar-refractivity contribution in [3.8, 4) is 0 Å². The van der Waals surface area contributed by atoms with Gasteiger partial charge in [0.05, 0.1) is 25.4 Å². The molecule has 5 atom stereocenters. The van der Waals surface area contributed by atoms with Gasteiger partial charge in [0.15, 0.2) is 6.29 Å². The second-order valence-electron chi connectivity index (χ2n) is 10.0. The van der Waals surface area contributed by atoms with Crippen LogP contribution in [0.15, 0.2) is 30.3 Å². The number of aliphatic hydroxyl groups is 1. The van der Waals surface area contributed by atoms with Crippen LogP contribution in [0.2, 0.25) is 0 Å². The van der Waals surface area contributed by atoms with E-state index in [2.05, 4.69) is 13.8 Å². The molecule has 1 aromatic carbocycles. The molecule has 6 nitrogen and oxygen atoms in total. The third-order valence-corrected chi connectivity index (χ3v) is 7.17. The topological polar surface area (TPSA) is 66.4 Å². The van der Waals surface area contributed by atoms with Gasteiger partial charge in [-0.25, -0.2) is 0 Å². The number of hydrogen-bond acceptors (Lipinski definition) is 6. The minimum Gasteiger partial charge on any atom is -0.379 e. The summed E-state index contributed by atoms with van der Waals surface area (Å²) in [7, 11) is 5.02. The van der Waals surface area contributed by atoms with Crippen molar-refractivity contribution in [3.63, 3.8) is 0 Å². The lowest BCUT2D eigenvalue weighted by Gasteiger charge is -2.33. The summed E-state index contributed by atoms with van der Waals surface area (Å²) in [5, 5.41) is 10.6. The van der Waals surface area contributed by atoms with Crippen molar-refractivity contribution in [3.05, 3.63) is 35.9 Å². The van der Waals surface area contributed by atoms with Gasteiger partial charge in [-0.05, 0) is 18.4 Å². The predicted molar refractivity (Wildman–Crippen MR) is 151 cm³/mol. The summed E-state index contributed by atoms with van der Waals surface area (Å²) in [4.78, 5) is 0. The van der Waals surface area contributed by atoms with Crippen molar-refractivity contribution in [2.45, 2.75) is 135 Å². The molecule has 0 radical (unpaired) electrons. The molecule has 0 bridgehead atoms. The summed E-state index contributed by atoms with van der Waals surface area (Å²) in [6.45, 7) is 4.85. The van der Waals surface area contributed by atoms with Crippen molar-refractivity contribution in [2.24, 2.45) is 0 Å². The van der Waals surface area contributed by atoms with E-state index in [-0.39, 0.29) is 24.9 Å². The average Bonchev–Trinajstić information content (AvgIpc) is 2.93. The molecule has 0 fully saturated rings. The molecule has 1 aromatic rings. The molecule has 6 heteroatoms. The van der Waals surface area contributed by atoms with Crippen LogP contribution in [0, 0.1) is 0 Å². The molecule has 0 spiro atoms. The van der Waals surface area contributed by atoms with Crippen LogP contribution >= 0.6 is 0 Å². The van der Waals surface area contributed by atoms with Crippen LogP contribution in [0.3, 0.4) is 0 Å². The molecule has 0 saturated heterocycles. The Hall–Kier alpha value is -1.02. The Morgan fingerprint density at radius 1 is 0.649 bits per heavy atom. The van der Waals surface area contributed by atoms with Crippen LogP contribution in [0.5, 0.6) is 0 Å². The third-order valence-electron chi connectivity index (χ3n) is 7.17. The Morgan fingerprint density at radius 2 is 1.19 bits per heavy atom. The summed E-state index contributed by atoms with van der Waals surface area (Å²) in [6.07, 6.45) is 14.1. The maximum absolute atomic E-state index is 10.6. The second kappa shape index (κ2) is 22.9. The quantitative estimate of drug-likeness (QED) is 0.109. The Morgan fingerprint density at radius 3 is 1.70 bits per heavy atom. The van der Waals surface area contributed by atoms with E-state index in [9.17, 15) is 5.11 Å². The molecule has 0 aliphatic carbocycles. The van der Waals surface area contributed by atoms with Crippen molar-refractivity contribution >= 4 is 0 Å². The number of ether oxygens (including phenoxy) is 5. The van der Waals surface area contributed by atoms with E-state index in [0.717, 1.165) is 24.8 Å². The molecule has 0 amide bonds. The molecule has 1 N–H and O–H groups in total. The SMILES string of the molecule is CCCCCCCCCCCCCC(OC)C(OCC(OC)C(O)OCc1ccccc1)C(CC)OC. The van der Waals surface area contributed by atoms with Crippen LogP contribution in [0.25, 0.3) is 0 Å². The molecule has 5 unspecified atom stereocenters. The number of methoxy groups -OCH3 is 3.